The molecule has 0 bridgehead atoms. The molecule has 1 rings (SSSR count). The summed E-state index contributed by atoms with van der Waals surface area (Å²) in [5, 5.41) is 0. The third kappa shape index (κ3) is 6.55. The second kappa shape index (κ2) is 6.57. The first-order chi connectivity index (χ1) is 6.08. The summed E-state index contributed by atoms with van der Waals surface area (Å²) >= 11 is 0. The molecule has 72 valence electrons. The van der Waals surface area contributed by atoms with E-state index in [1.807, 2.05) is 30.3 Å². The average Bonchev–Trinajstić information content (AvgIpc) is 2.04. The molecule has 0 aromatic heterocycles. The maximum absolute atomic E-state index is 10.5. The van der Waals surface area contributed by atoms with Gasteiger partial charge in [0.25, 0.3) is 0 Å². The van der Waals surface area contributed by atoms with Gasteiger partial charge in [-0.3, -0.25) is 4.57 Å². The zero-order chi connectivity index (χ0) is 9.73. The fourth-order valence-electron chi connectivity index (χ4n) is 0.890. The summed E-state index contributed by atoms with van der Waals surface area (Å²) in [6, 6.07) is 9.38. The van der Waals surface area contributed by atoms with Crippen LogP contribution in [0, 0.1) is 0 Å². The van der Waals surface area contributed by atoms with Crippen LogP contribution in [0.2, 0.25) is 0 Å². The van der Waals surface area contributed by atoms with Crippen molar-refractivity contribution in [1.82, 2.24) is 0 Å². The van der Waals surface area contributed by atoms with Crippen molar-refractivity contribution in [3.05, 3.63) is 42.0 Å². The fourth-order valence-corrected chi connectivity index (χ4v) is 1.27. The molecule has 0 saturated carbocycles. The molecular formula is C9H12NaO3P. The van der Waals surface area contributed by atoms with Gasteiger partial charge in [-0.1, -0.05) is 42.5 Å². The zero-order valence-corrected chi connectivity index (χ0v) is 7.89. The normalized spacial score (nSPS) is 11.3. The molecule has 1 aromatic carbocycles. The van der Waals surface area contributed by atoms with E-state index in [0.29, 0.717) is 0 Å². The van der Waals surface area contributed by atoms with Crippen LogP contribution in [0.5, 0.6) is 0 Å². The Balaban J connectivity index is 0.00000169. The Morgan fingerprint density at radius 3 is 2.29 bits per heavy atom. The molecule has 0 aliphatic rings. The first kappa shape index (κ1) is 14.1. The van der Waals surface area contributed by atoms with E-state index >= 15 is 0 Å². The maximum atomic E-state index is 10.5. The van der Waals surface area contributed by atoms with E-state index in [1.54, 1.807) is 6.08 Å². The third-order valence-corrected chi connectivity index (χ3v) is 2.14. The van der Waals surface area contributed by atoms with Gasteiger partial charge >= 0.3 is 37.2 Å². The Labute approximate surface area is 105 Å². The summed E-state index contributed by atoms with van der Waals surface area (Å²) in [7, 11) is -3.89. The second-order valence-corrected chi connectivity index (χ2v) is 4.35. The molecule has 0 aliphatic heterocycles. The number of hydrogen-bond donors (Lipinski definition) is 2. The molecule has 0 heterocycles. The van der Waals surface area contributed by atoms with Crippen molar-refractivity contribution in [2.45, 2.75) is 0 Å². The Bertz CT molecular complexity index is 331. The van der Waals surface area contributed by atoms with Crippen LogP contribution in [0.4, 0.5) is 0 Å². The number of benzene rings is 1. The van der Waals surface area contributed by atoms with Crippen molar-refractivity contribution in [3.63, 3.8) is 0 Å². The molecule has 0 amide bonds. The van der Waals surface area contributed by atoms with E-state index in [2.05, 4.69) is 0 Å². The molecular weight excluding hydrogens is 210 g/mol. The van der Waals surface area contributed by atoms with E-state index in [0.717, 1.165) is 5.56 Å². The van der Waals surface area contributed by atoms with Crippen molar-refractivity contribution in [3.8, 4) is 0 Å². The molecule has 0 radical (unpaired) electrons. The van der Waals surface area contributed by atoms with Crippen LogP contribution in [-0.2, 0) is 4.57 Å². The Kier molecular flexibility index (Phi) is 6.62. The standard InChI is InChI=1S/C9H11O3P.Na.H/c10-13(11,12)8-4-7-9-5-2-1-3-6-9;;/h1-7H,8H2,(H2,10,11,12);;/b7-4+;;. The van der Waals surface area contributed by atoms with Gasteiger partial charge in [0.1, 0.15) is 0 Å². The molecule has 3 nitrogen and oxygen atoms in total. The minimum atomic E-state index is -3.89. The van der Waals surface area contributed by atoms with Crippen molar-refractivity contribution >= 4 is 43.2 Å². The summed E-state index contributed by atoms with van der Waals surface area (Å²) in [4.78, 5) is 17.1. The van der Waals surface area contributed by atoms with Gasteiger partial charge < -0.3 is 9.79 Å². The van der Waals surface area contributed by atoms with Gasteiger partial charge in [-0.05, 0) is 5.56 Å². The SMILES string of the molecule is O=P(O)(O)C/C=C/c1ccccc1.[NaH]. The molecule has 0 atom stereocenters. The summed E-state index contributed by atoms with van der Waals surface area (Å²) < 4.78 is 10.5. The Morgan fingerprint density at radius 1 is 1.21 bits per heavy atom. The molecule has 14 heavy (non-hydrogen) atoms. The number of allylic oxidation sites excluding steroid dienone is 1. The van der Waals surface area contributed by atoms with Gasteiger partial charge in [0.15, 0.2) is 0 Å². The van der Waals surface area contributed by atoms with Crippen LogP contribution < -0.4 is 0 Å². The molecule has 0 spiro atoms. The predicted octanol–water partition coefficient (Wildman–Crippen LogP) is 1.23. The summed E-state index contributed by atoms with van der Waals surface area (Å²) in [6.07, 6.45) is 2.97. The Morgan fingerprint density at radius 2 is 1.79 bits per heavy atom. The van der Waals surface area contributed by atoms with Gasteiger partial charge in [-0.15, -0.1) is 0 Å². The van der Waals surface area contributed by atoms with Gasteiger partial charge in [0.05, 0.1) is 6.16 Å². The first-order valence-electron chi connectivity index (χ1n) is 3.84. The van der Waals surface area contributed by atoms with Crippen LogP contribution in [0.25, 0.3) is 6.08 Å². The monoisotopic (exact) mass is 222 g/mol. The molecule has 0 unspecified atom stereocenters. The number of hydrogen-bond acceptors (Lipinski definition) is 1. The van der Waals surface area contributed by atoms with Gasteiger partial charge in [0, 0.05) is 0 Å². The second-order valence-electron chi connectivity index (χ2n) is 2.66. The van der Waals surface area contributed by atoms with E-state index in [1.165, 1.54) is 6.08 Å². The zero-order valence-electron chi connectivity index (χ0n) is 7.00. The fraction of sp³-hybridized carbons (Fsp3) is 0.111. The number of rotatable bonds is 3. The average molecular weight is 222 g/mol. The summed E-state index contributed by atoms with van der Waals surface area (Å²) in [5.41, 5.74) is 0.941. The molecule has 0 saturated heterocycles. The third-order valence-electron chi connectivity index (χ3n) is 1.45. The molecule has 2 N–H and O–H groups in total. The van der Waals surface area contributed by atoms with Crippen LogP contribution in [0.3, 0.4) is 0 Å². The van der Waals surface area contributed by atoms with Crippen molar-refractivity contribution in [2.24, 2.45) is 0 Å². The van der Waals surface area contributed by atoms with Gasteiger partial charge in [0.2, 0.25) is 0 Å². The predicted molar refractivity (Wildman–Crippen MR) is 59.5 cm³/mol. The van der Waals surface area contributed by atoms with Crippen LogP contribution >= 0.6 is 7.60 Å². The Hall–Kier alpha value is 0.110. The minimum absolute atomic E-state index is 0. The summed E-state index contributed by atoms with van der Waals surface area (Å²) in [5.74, 6) is 0. The van der Waals surface area contributed by atoms with Crippen LogP contribution in [0.15, 0.2) is 36.4 Å². The van der Waals surface area contributed by atoms with Crippen molar-refractivity contribution < 1.29 is 14.4 Å². The quantitative estimate of drug-likeness (QED) is 0.597. The van der Waals surface area contributed by atoms with Crippen molar-refractivity contribution in [2.75, 3.05) is 6.16 Å². The van der Waals surface area contributed by atoms with Crippen LogP contribution in [-0.4, -0.2) is 45.5 Å². The van der Waals surface area contributed by atoms with E-state index in [-0.39, 0.29) is 35.7 Å². The van der Waals surface area contributed by atoms with Gasteiger partial charge in [-0.25, -0.2) is 0 Å². The van der Waals surface area contributed by atoms with E-state index in [9.17, 15) is 4.57 Å². The molecule has 1 aromatic rings. The molecule has 0 fully saturated rings. The van der Waals surface area contributed by atoms with Crippen LogP contribution in [0.1, 0.15) is 5.56 Å². The van der Waals surface area contributed by atoms with E-state index < -0.39 is 7.60 Å². The molecule has 0 aliphatic carbocycles. The van der Waals surface area contributed by atoms with Crippen molar-refractivity contribution in [1.29, 1.82) is 0 Å². The molecule has 5 heteroatoms. The van der Waals surface area contributed by atoms with Gasteiger partial charge in [-0.2, -0.15) is 0 Å². The topological polar surface area (TPSA) is 57.5 Å². The summed E-state index contributed by atoms with van der Waals surface area (Å²) in [6.45, 7) is 0. The van der Waals surface area contributed by atoms with E-state index in [4.69, 9.17) is 9.79 Å². The first-order valence-corrected chi connectivity index (χ1v) is 5.64.